The van der Waals surface area contributed by atoms with Gasteiger partial charge in [0.15, 0.2) is 0 Å². The van der Waals surface area contributed by atoms with Crippen LogP contribution in [0.15, 0.2) is 55.6 Å². The normalized spacial score (nSPS) is 29.7. The van der Waals surface area contributed by atoms with Gasteiger partial charge in [-0.05, 0) is 31.9 Å². The molecule has 3 aliphatic heterocycles. The maximum atomic E-state index is 14.3. The fraction of sp³-hybridized carbons (Fsp3) is 0.567. The van der Waals surface area contributed by atoms with Gasteiger partial charge in [0.25, 0.3) is 0 Å². The summed E-state index contributed by atoms with van der Waals surface area (Å²) in [6.45, 7) is 12.7. The van der Waals surface area contributed by atoms with E-state index in [4.69, 9.17) is 0 Å². The van der Waals surface area contributed by atoms with Gasteiger partial charge in [-0.2, -0.15) is 0 Å². The third-order valence-corrected chi connectivity index (χ3v) is 11.5. The van der Waals surface area contributed by atoms with Crippen LogP contribution in [0.3, 0.4) is 0 Å². The van der Waals surface area contributed by atoms with Crippen molar-refractivity contribution in [2.45, 2.75) is 66.4 Å². The first kappa shape index (κ1) is 29.9. The third kappa shape index (κ3) is 5.22. The van der Waals surface area contributed by atoms with Gasteiger partial charge < -0.3 is 19.8 Å². The summed E-state index contributed by atoms with van der Waals surface area (Å²) in [5, 5.41) is 10.0. The number of para-hydroxylation sites is 1. The molecule has 212 valence electrons. The largest absolute Gasteiger partial charge is 0.394 e. The molecule has 3 aliphatic rings. The van der Waals surface area contributed by atoms with E-state index in [9.17, 15) is 19.5 Å². The van der Waals surface area contributed by atoms with Crippen LogP contribution in [0.2, 0.25) is 0 Å². The molecule has 3 fully saturated rings. The van der Waals surface area contributed by atoms with Crippen LogP contribution >= 0.6 is 27.7 Å². The smallest absolute Gasteiger partial charge is 0.247 e. The van der Waals surface area contributed by atoms with Crippen molar-refractivity contribution in [1.82, 2.24) is 9.80 Å². The summed E-state index contributed by atoms with van der Waals surface area (Å²) >= 11 is 5.46. The number of hydrogen-bond donors (Lipinski definition) is 1. The van der Waals surface area contributed by atoms with E-state index in [1.807, 2.05) is 30.3 Å². The first-order valence-electron chi connectivity index (χ1n) is 13.9. The molecule has 39 heavy (non-hydrogen) atoms. The molecule has 0 aliphatic carbocycles. The van der Waals surface area contributed by atoms with E-state index in [0.717, 1.165) is 24.9 Å². The Hall–Kier alpha value is -2.10. The van der Waals surface area contributed by atoms with E-state index in [0.29, 0.717) is 26.1 Å². The topological polar surface area (TPSA) is 81.2 Å². The SMILES string of the molecule is C=CCN(CCCCC)C(=O)C1N([C@H](C)CO)C(=O)[C@@H]2[C@@H](C(=O)N(CC=C)c3ccccc3)[C@@H]3SC12CC3Br. The van der Waals surface area contributed by atoms with Gasteiger partial charge in [0.05, 0.1) is 29.2 Å². The monoisotopic (exact) mass is 617 g/mol. The highest BCUT2D eigenvalue weighted by molar-refractivity contribution is 9.09. The number of halogens is 1. The number of carbonyl (C=O) groups excluding carboxylic acids is 3. The summed E-state index contributed by atoms with van der Waals surface area (Å²) in [4.78, 5) is 48.0. The van der Waals surface area contributed by atoms with Crippen LogP contribution in [0.1, 0.15) is 39.5 Å². The molecule has 2 bridgehead atoms. The van der Waals surface area contributed by atoms with Crippen LogP contribution < -0.4 is 4.90 Å². The highest BCUT2D eigenvalue weighted by atomic mass is 79.9. The minimum atomic E-state index is -0.754. The lowest BCUT2D eigenvalue weighted by atomic mass is 9.70. The molecule has 0 saturated carbocycles. The fourth-order valence-corrected chi connectivity index (χ4v) is 10.2. The zero-order chi connectivity index (χ0) is 28.3. The number of amides is 3. The molecule has 0 aromatic heterocycles. The number of anilines is 1. The molecular weight excluding hydrogens is 578 g/mol. The van der Waals surface area contributed by atoms with E-state index < -0.39 is 28.7 Å². The second-order valence-corrected chi connectivity index (χ2v) is 13.5. The van der Waals surface area contributed by atoms with Crippen LogP contribution in [-0.4, -0.2) is 85.8 Å². The number of carbonyl (C=O) groups is 3. The van der Waals surface area contributed by atoms with Gasteiger partial charge in [-0.1, -0.05) is 66.0 Å². The van der Waals surface area contributed by atoms with Crippen LogP contribution in [-0.2, 0) is 14.4 Å². The van der Waals surface area contributed by atoms with E-state index in [2.05, 4.69) is 36.0 Å². The standard InChI is InChI=1S/C30H40BrN3O4S/c1-5-8-12-17-32(15-6-2)29(38)26-30-18-22(31)25(39-30)23(24(30)28(37)34(26)20(4)19-35)27(36)33(16-7-3)21-13-10-9-11-14-21/h6-7,9-11,13-14,20,22-26,35H,2-3,5,8,12,15-19H2,1,4H3/t20-,22?,23-,24+,25-,26?,30?/m1/s1. The number of unbranched alkanes of at least 4 members (excludes halogenated alkanes) is 2. The Balaban J connectivity index is 1.76. The summed E-state index contributed by atoms with van der Waals surface area (Å²) in [6.07, 6.45) is 6.93. The molecule has 3 unspecified atom stereocenters. The number of benzene rings is 1. The third-order valence-electron chi connectivity index (χ3n) is 8.32. The highest BCUT2D eigenvalue weighted by Gasteiger charge is 2.76. The molecule has 1 N–H and O–H groups in total. The number of alkyl halides is 1. The van der Waals surface area contributed by atoms with Crippen molar-refractivity contribution >= 4 is 51.1 Å². The average Bonchev–Trinajstić information content (AvgIpc) is 3.54. The maximum Gasteiger partial charge on any atom is 0.247 e. The Kier molecular flexibility index (Phi) is 9.65. The van der Waals surface area contributed by atoms with Gasteiger partial charge in [-0.15, -0.1) is 24.9 Å². The number of aliphatic hydroxyl groups excluding tert-OH is 1. The van der Waals surface area contributed by atoms with Crippen molar-refractivity contribution in [3.8, 4) is 0 Å². The molecule has 7 nitrogen and oxygen atoms in total. The van der Waals surface area contributed by atoms with Gasteiger partial charge in [-0.25, -0.2) is 0 Å². The van der Waals surface area contributed by atoms with Gasteiger partial charge in [0.2, 0.25) is 17.7 Å². The zero-order valence-corrected chi connectivity index (χ0v) is 25.3. The van der Waals surface area contributed by atoms with E-state index >= 15 is 0 Å². The van der Waals surface area contributed by atoms with Crippen molar-refractivity contribution in [3.63, 3.8) is 0 Å². The van der Waals surface area contributed by atoms with Crippen LogP contribution in [0.5, 0.6) is 0 Å². The second-order valence-electron chi connectivity index (χ2n) is 10.8. The van der Waals surface area contributed by atoms with Crippen LogP contribution in [0, 0.1) is 11.8 Å². The first-order chi connectivity index (χ1) is 18.8. The fourth-order valence-electron chi connectivity index (χ4n) is 6.60. The summed E-state index contributed by atoms with van der Waals surface area (Å²) in [6, 6.07) is 8.14. The van der Waals surface area contributed by atoms with Gasteiger partial charge >= 0.3 is 0 Å². The van der Waals surface area contributed by atoms with Crippen LogP contribution in [0.25, 0.3) is 0 Å². The van der Waals surface area contributed by atoms with Gasteiger partial charge in [0, 0.05) is 35.4 Å². The maximum absolute atomic E-state index is 14.3. The quantitative estimate of drug-likeness (QED) is 0.203. The Morgan fingerprint density at radius 2 is 1.90 bits per heavy atom. The molecular formula is C30H40BrN3O4S. The van der Waals surface area contributed by atoms with Crippen molar-refractivity contribution in [2.75, 3.05) is 31.1 Å². The lowest BCUT2D eigenvalue weighted by Crippen LogP contribution is -2.57. The highest BCUT2D eigenvalue weighted by Crippen LogP contribution is 2.68. The van der Waals surface area contributed by atoms with E-state index in [-0.39, 0.29) is 34.4 Å². The Bertz CT molecular complexity index is 1090. The summed E-state index contributed by atoms with van der Waals surface area (Å²) in [5.41, 5.74) is 0.752. The Morgan fingerprint density at radius 3 is 2.51 bits per heavy atom. The minimum Gasteiger partial charge on any atom is -0.394 e. The van der Waals surface area contributed by atoms with Crippen molar-refractivity contribution in [2.24, 2.45) is 11.8 Å². The zero-order valence-electron chi connectivity index (χ0n) is 22.9. The summed E-state index contributed by atoms with van der Waals surface area (Å²) < 4.78 is -0.753. The van der Waals surface area contributed by atoms with Gasteiger partial charge in [0.1, 0.15) is 6.04 Å². The molecule has 4 rings (SSSR count). The molecule has 3 saturated heterocycles. The van der Waals surface area contributed by atoms with Crippen molar-refractivity contribution in [3.05, 3.63) is 55.6 Å². The Labute approximate surface area is 244 Å². The molecule has 3 amide bonds. The number of thioether (sulfide) groups is 1. The molecule has 9 heteroatoms. The average molecular weight is 619 g/mol. The first-order valence-corrected chi connectivity index (χ1v) is 15.7. The van der Waals surface area contributed by atoms with E-state index in [1.165, 1.54) is 0 Å². The van der Waals surface area contributed by atoms with E-state index in [1.54, 1.807) is 45.5 Å². The lowest BCUT2D eigenvalue weighted by molar-refractivity contribution is -0.145. The summed E-state index contributed by atoms with van der Waals surface area (Å²) in [5.74, 6) is -1.69. The molecule has 1 spiro atoms. The predicted octanol–water partition coefficient (Wildman–Crippen LogP) is 4.26. The predicted molar refractivity (Wildman–Crippen MR) is 161 cm³/mol. The number of likely N-dealkylation sites (tertiary alicyclic amines) is 1. The Morgan fingerprint density at radius 1 is 1.21 bits per heavy atom. The number of hydrogen-bond acceptors (Lipinski definition) is 5. The number of rotatable bonds is 13. The van der Waals surface area contributed by atoms with Crippen molar-refractivity contribution < 1.29 is 19.5 Å². The molecule has 3 heterocycles. The second kappa shape index (κ2) is 12.6. The number of fused-ring (bicyclic) bond motifs is 1. The van der Waals surface area contributed by atoms with Crippen LogP contribution in [0.4, 0.5) is 5.69 Å². The lowest BCUT2D eigenvalue weighted by Gasteiger charge is -2.39. The molecule has 1 aromatic carbocycles. The van der Waals surface area contributed by atoms with Crippen molar-refractivity contribution in [1.29, 1.82) is 0 Å². The molecule has 0 radical (unpaired) electrons. The molecule has 1 aromatic rings. The van der Waals surface area contributed by atoms with Gasteiger partial charge in [-0.3, -0.25) is 14.4 Å². The molecule has 7 atom stereocenters. The number of nitrogens with zero attached hydrogens (tertiary/aromatic N) is 3. The number of aliphatic hydroxyl groups is 1. The minimum absolute atomic E-state index is 0.0190. The summed E-state index contributed by atoms with van der Waals surface area (Å²) in [7, 11) is 0.